The summed E-state index contributed by atoms with van der Waals surface area (Å²) in [5.41, 5.74) is 1.72. The molecular weight excluding hydrogens is 201 g/mol. The van der Waals surface area contributed by atoms with Gasteiger partial charge in [-0.2, -0.15) is 0 Å². The number of hydrogen-bond donors (Lipinski definition) is 1. The van der Waals surface area contributed by atoms with E-state index >= 15 is 0 Å². The highest BCUT2D eigenvalue weighted by molar-refractivity contribution is 6.32. The summed E-state index contributed by atoms with van der Waals surface area (Å²) < 4.78 is 0. The van der Waals surface area contributed by atoms with Gasteiger partial charge in [-0.15, -0.1) is 0 Å². The minimum Gasteiger partial charge on any atom is -0.478 e. The number of rotatable bonds is 2. The van der Waals surface area contributed by atoms with Crippen LogP contribution in [0, 0.1) is 0 Å². The molecule has 1 aromatic rings. The van der Waals surface area contributed by atoms with Gasteiger partial charge in [0.1, 0.15) is 7.85 Å². The van der Waals surface area contributed by atoms with Gasteiger partial charge in [0.25, 0.3) is 0 Å². The second-order valence-electron chi connectivity index (χ2n) is 4.13. The monoisotopic (exact) mass is 215 g/mol. The molecule has 4 heteroatoms. The summed E-state index contributed by atoms with van der Waals surface area (Å²) in [5.74, 6) is -0.888. The van der Waals surface area contributed by atoms with Crippen molar-refractivity contribution in [2.75, 3.05) is 18.0 Å². The SMILES string of the molecule is [B]c1ccc(C(=O)O)c(N2CCCCC2)c1. The number of nitrogens with zero attached hydrogens (tertiary/aromatic N) is 1. The number of piperidine rings is 1. The Morgan fingerprint density at radius 1 is 1.25 bits per heavy atom. The number of carboxylic acid groups (broad SMARTS) is 1. The van der Waals surface area contributed by atoms with Crippen molar-refractivity contribution in [1.29, 1.82) is 0 Å². The molecule has 0 atom stereocenters. The molecule has 1 heterocycles. The molecular formula is C12H14BNO2. The van der Waals surface area contributed by atoms with Crippen LogP contribution in [0.1, 0.15) is 29.6 Å². The van der Waals surface area contributed by atoms with E-state index in [-0.39, 0.29) is 0 Å². The van der Waals surface area contributed by atoms with Gasteiger partial charge in [0.05, 0.1) is 11.3 Å². The Morgan fingerprint density at radius 2 is 1.94 bits per heavy atom. The van der Waals surface area contributed by atoms with Gasteiger partial charge in [-0.25, -0.2) is 4.79 Å². The predicted octanol–water partition coefficient (Wildman–Crippen LogP) is 1.17. The van der Waals surface area contributed by atoms with Crippen LogP contribution in [0.2, 0.25) is 0 Å². The lowest BCUT2D eigenvalue weighted by Crippen LogP contribution is -2.31. The van der Waals surface area contributed by atoms with Crippen LogP contribution in [-0.2, 0) is 0 Å². The first kappa shape index (κ1) is 11.1. The van der Waals surface area contributed by atoms with Gasteiger partial charge in [-0.3, -0.25) is 0 Å². The Labute approximate surface area is 96.5 Å². The zero-order valence-corrected chi connectivity index (χ0v) is 9.15. The van der Waals surface area contributed by atoms with Crippen LogP contribution < -0.4 is 10.4 Å². The third kappa shape index (κ3) is 2.21. The zero-order chi connectivity index (χ0) is 11.5. The van der Waals surface area contributed by atoms with Crippen molar-refractivity contribution in [1.82, 2.24) is 0 Å². The van der Waals surface area contributed by atoms with E-state index < -0.39 is 5.97 Å². The molecule has 1 aromatic carbocycles. The Bertz CT molecular complexity index is 400. The molecule has 3 nitrogen and oxygen atoms in total. The van der Waals surface area contributed by atoms with Crippen molar-refractivity contribution < 1.29 is 9.90 Å². The molecule has 82 valence electrons. The maximum atomic E-state index is 11.1. The highest BCUT2D eigenvalue weighted by Gasteiger charge is 2.17. The van der Waals surface area contributed by atoms with Gasteiger partial charge >= 0.3 is 5.97 Å². The molecule has 16 heavy (non-hydrogen) atoms. The summed E-state index contributed by atoms with van der Waals surface area (Å²) in [5, 5.41) is 9.12. The van der Waals surface area contributed by atoms with Gasteiger partial charge in [0.2, 0.25) is 0 Å². The standard InChI is InChI=1S/C12H14BNO2/c13-9-4-5-10(12(15)16)11(8-9)14-6-2-1-3-7-14/h4-5,8H,1-3,6-7H2,(H,15,16). The van der Waals surface area contributed by atoms with Gasteiger partial charge in [0.15, 0.2) is 0 Å². The summed E-state index contributed by atoms with van der Waals surface area (Å²) in [6, 6.07) is 4.98. The molecule has 2 radical (unpaired) electrons. The van der Waals surface area contributed by atoms with Crippen molar-refractivity contribution in [3.8, 4) is 0 Å². The fourth-order valence-electron chi connectivity index (χ4n) is 2.13. The third-order valence-corrected chi connectivity index (χ3v) is 2.95. The van der Waals surface area contributed by atoms with Crippen LogP contribution in [0.15, 0.2) is 18.2 Å². The van der Waals surface area contributed by atoms with Gasteiger partial charge < -0.3 is 10.0 Å². The lowest BCUT2D eigenvalue weighted by atomic mass is 9.93. The largest absolute Gasteiger partial charge is 0.478 e. The normalized spacial score (nSPS) is 16.1. The summed E-state index contributed by atoms with van der Waals surface area (Å²) in [4.78, 5) is 13.2. The highest BCUT2D eigenvalue weighted by atomic mass is 16.4. The first-order chi connectivity index (χ1) is 7.68. The Balaban J connectivity index is 2.36. The van der Waals surface area contributed by atoms with Crippen molar-refractivity contribution in [3.63, 3.8) is 0 Å². The molecule has 0 amide bonds. The molecule has 0 aromatic heterocycles. The summed E-state index contributed by atoms with van der Waals surface area (Å²) in [6.07, 6.45) is 3.46. The summed E-state index contributed by atoms with van der Waals surface area (Å²) >= 11 is 0. The lowest BCUT2D eigenvalue weighted by Gasteiger charge is -2.30. The fraction of sp³-hybridized carbons (Fsp3) is 0.417. The first-order valence-electron chi connectivity index (χ1n) is 5.56. The number of anilines is 1. The first-order valence-corrected chi connectivity index (χ1v) is 5.56. The smallest absolute Gasteiger partial charge is 0.337 e. The van der Waals surface area contributed by atoms with E-state index in [1.807, 2.05) is 0 Å². The Hall–Kier alpha value is -1.45. The molecule has 1 saturated heterocycles. The quantitative estimate of drug-likeness (QED) is 0.752. The van der Waals surface area contributed by atoms with Crippen molar-refractivity contribution in [2.24, 2.45) is 0 Å². The topological polar surface area (TPSA) is 40.5 Å². The highest BCUT2D eigenvalue weighted by Crippen LogP contribution is 2.23. The van der Waals surface area contributed by atoms with Crippen LogP contribution in [-0.4, -0.2) is 32.0 Å². The molecule has 0 aliphatic carbocycles. The molecule has 0 spiro atoms. The molecule has 1 aliphatic rings. The van der Waals surface area contributed by atoms with Crippen LogP contribution in [0.5, 0.6) is 0 Å². The third-order valence-electron chi connectivity index (χ3n) is 2.95. The molecule has 0 unspecified atom stereocenters. The van der Waals surface area contributed by atoms with E-state index in [0.29, 0.717) is 11.0 Å². The average Bonchev–Trinajstić information content (AvgIpc) is 2.29. The van der Waals surface area contributed by atoms with E-state index in [1.54, 1.807) is 18.2 Å². The Kier molecular flexibility index (Phi) is 3.18. The van der Waals surface area contributed by atoms with Crippen molar-refractivity contribution in [3.05, 3.63) is 23.8 Å². The van der Waals surface area contributed by atoms with E-state index in [2.05, 4.69) is 4.90 Å². The molecule has 0 bridgehead atoms. The van der Waals surface area contributed by atoms with Gasteiger partial charge in [0, 0.05) is 13.1 Å². The van der Waals surface area contributed by atoms with Crippen LogP contribution in [0.4, 0.5) is 5.69 Å². The minimum absolute atomic E-state index is 0.344. The average molecular weight is 215 g/mol. The number of hydrogen-bond acceptors (Lipinski definition) is 2. The Morgan fingerprint density at radius 3 is 2.56 bits per heavy atom. The maximum Gasteiger partial charge on any atom is 0.337 e. The number of carbonyl (C=O) groups is 1. The second kappa shape index (κ2) is 4.60. The summed E-state index contributed by atoms with van der Waals surface area (Å²) in [6.45, 7) is 1.84. The van der Waals surface area contributed by atoms with Crippen molar-refractivity contribution >= 4 is 25.0 Å². The lowest BCUT2D eigenvalue weighted by molar-refractivity contribution is 0.0697. The maximum absolute atomic E-state index is 11.1. The van der Waals surface area contributed by atoms with Gasteiger partial charge in [-0.1, -0.05) is 11.5 Å². The molecule has 1 N–H and O–H groups in total. The van der Waals surface area contributed by atoms with Crippen LogP contribution in [0.25, 0.3) is 0 Å². The minimum atomic E-state index is -0.888. The number of carboxylic acids is 1. The number of benzene rings is 1. The molecule has 1 fully saturated rings. The zero-order valence-electron chi connectivity index (χ0n) is 9.15. The summed E-state index contributed by atoms with van der Waals surface area (Å²) in [7, 11) is 5.71. The van der Waals surface area contributed by atoms with Crippen LogP contribution >= 0.6 is 0 Å². The van der Waals surface area contributed by atoms with Crippen molar-refractivity contribution in [2.45, 2.75) is 19.3 Å². The van der Waals surface area contributed by atoms with E-state index in [1.165, 1.54) is 6.42 Å². The molecule has 2 rings (SSSR count). The fourth-order valence-corrected chi connectivity index (χ4v) is 2.13. The van der Waals surface area contributed by atoms with Gasteiger partial charge in [-0.05, 0) is 31.4 Å². The van der Waals surface area contributed by atoms with E-state index in [0.717, 1.165) is 31.6 Å². The molecule has 0 saturated carbocycles. The number of aromatic carboxylic acids is 1. The molecule has 1 aliphatic heterocycles. The van der Waals surface area contributed by atoms with Crippen LogP contribution in [0.3, 0.4) is 0 Å². The van der Waals surface area contributed by atoms with E-state index in [9.17, 15) is 4.79 Å². The van der Waals surface area contributed by atoms with E-state index in [4.69, 9.17) is 13.0 Å². The second-order valence-corrected chi connectivity index (χ2v) is 4.13. The predicted molar refractivity (Wildman–Crippen MR) is 64.9 cm³/mol.